The zero-order valence-corrected chi connectivity index (χ0v) is 13.1. The van der Waals surface area contributed by atoms with Crippen molar-refractivity contribution in [2.75, 3.05) is 6.61 Å². The molecule has 0 bridgehead atoms. The van der Waals surface area contributed by atoms with E-state index in [2.05, 4.69) is 20.8 Å². The van der Waals surface area contributed by atoms with Crippen LogP contribution in [0, 0.1) is 11.8 Å². The predicted octanol–water partition coefficient (Wildman–Crippen LogP) is 2.94. The second-order valence-corrected chi connectivity index (χ2v) is 6.38. The van der Waals surface area contributed by atoms with Crippen molar-refractivity contribution in [2.45, 2.75) is 77.8 Å². The molecule has 116 valence electrons. The van der Waals surface area contributed by atoms with Crippen LogP contribution in [-0.2, 0) is 19.0 Å². The molecule has 0 spiro atoms. The average Bonchev–Trinajstić information content (AvgIpc) is 3.31. The highest BCUT2D eigenvalue weighted by Crippen LogP contribution is 2.30. The number of ether oxygens (including phenoxy) is 3. The maximum atomic E-state index is 11.9. The topological polar surface area (TPSA) is 51.4 Å². The lowest BCUT2D eigenvalue weighted by Crippen LogP contribution is -2.20. The molecular weight excluding hydrogens is 256 g/mol. The molecule has 6 unspecified atom stereocenters. The van der Waals surface area contributed by atoms with E-state index in [1.165, 1.54) is 0 Å². The molecule has 0 N–H and O–H groups in total. The number of esters is 1. The van der Waals surface area contributed by atoms with Crippen LogP contribution in [0.5, 0.6) is 0 Å². The van der Waals surface area contributed by atoms with E-state index >= 15 is 0 Å². The number of carbonyl (C=O) groups is 1. The summed E-state index contributed by atoms with van der Waals surface area (Å²) in [5.41, 5.74) is 0. The second kappa shape index (κ2) is 6.90. The summed E-state index contributed by atoms with van der Waals surface area (Å²) >= 11 is 0. The molecule has 2 aliphatic heterocycles. The zero-order chi connectivity index (χ0) is 14.7. The predicted molar refractivity (Wildman–Crippen MR) is 76.4 cm³/mol. The van der Waals surface area contributed by atoms with E-state index in [1.807, 2.05) is 6.92 Å². The van der Waals surface area contributed by atoms with Gasteiger partial charge in [0.2, 0.25) is 0 Å². The summed E-state index contributed by atoms with van der Waals surface area (Å²) in [7, 11) is 0. The van der Waals surface area contributed by atoms with Crippen LogP contribution in [0.1, 0.15) is 53.4 Å². The van der Waals surface area contributed by atoms with E-state index in [0.29, 0.717) is 36.9 Å². The largest absolute Gasteiger partial charge is 0.465 e. The van der Waals surface area contributed by atoms with Crippen molar-refractivity contribution in [2.24, 2.45) is 11.8 Å². The Bertz CT molecular complexity index is 330. The summed E-state index contributed by atoms with van der Waals surface area (Å²) in [5.74, 6) is 0.328. The fraction of sp³-hybridized carbons (Fsp3) is 0.938. The van der Waals surface area contributed by atoms with Gasteiger partial charge >= 0.3 is 5.97 Å². The first-order valence-electron chi connectivity index (χ1n) is 7.98. The molecule has 6 atom stereocenters. The van der Waals surface area contributed by atoms with Gasteiger partial charge in [-0.3, -0.25) is 4.79 Å². The number of carbonyl (C=O) groups excluding carboxylic acids is 1. The van der Waals surface area contributed by atoms with Gasteiger partial charge in [0, 0.05) is 0 Å². The van der Waals surface area contributed by atoms with Crippen LogP contribution < -0.4 is 0 Å². The molecule has 2 heterocycles. The molecule has 0 aliphatic carbocycles. The Balaban J connectivity index is 1.59. The lowest BCUT2D eigenvalue weighted by atomic mass is 10.00. The number of epoxide rings is 2. The van der Waals surface area contributed by atoms with Gasteiger partial charge in [0.1, 0.15) is 0 Å². The van der Waals surface area contributed by atoms with E-state index in [-0.39, 0.29) is 11.9 Å². The van der Waals surface area contributed by atoms with E-state index in [4.69, 9.17) is 14.2 Å². The minimum atomic E-state index is -0.0680. The summed E-state index contributed by atoms with van der Waals surface area (Å²) in [6.07, 6.45) is 5.36. The lowest BCUT2D eigenvalue weighted by Gasteiger charge is -2.16. The molecule has 0 aromatic rings. The highest BCUT2D eigenvalue weighted by atomic mass is 16.6. The fourth-order valence-corrected chi connectivity index (χ4v) is 2.57. The highest BCUT2D eigenvalue weighted by Gasteiger charge is 2.36. The van der Waals surface area contributed by atoms with Gasteiger partial charge in [0.25, 0.3) is 0 Å². The Kier molecular flexibility index (Phi) is 5.44. The summed E-state index contributed by atoms with van der Waals surface area (Å²) in [5, 5.41) is 0. The SMILES string of the molecule is CCC(COC(=O)C(C)CCC1OC1C)CC1OC1C. The van der Waals surface area contributed by atoms with Gasteiger partial charge in [0.05, 0.1) is 36.9 Å². The Morgan fingerprint density at radius 1 is 1.20 bits per heavy atom. The van der Waals surface area contributed by atoms with E-state index < -0.39 is 0 Å². The summed E-state index contributed by atoms with van der Waals surface area (Å²) < 4.78 is 16.3. The van der Waals surface area contributed by atoms with Crippen molar-refractivity contribution >= 4 is 5.97 Å². The van der Waals surface area contributed by atoms with E-state index in [0.717, 1.165) is 25.7 Å². The fourth-order valence-electron chi connectivity index (χ4n) is 2.57. The molecule has 0 saturated carbocycles. The minimum absolute atomic E-state index is 0.0278. The van der Waals surface area contributed by atoms with Gasteiger partial charge in [-0.05, 0) is 45.4 Å². The van der Waals surface area contributed by atoms with Gasteiger partial charge in [-0.1, -0.05) is 13.8 Å². The quantitative estimate of drug-likeness (QED) is 0.482. The molecule has 4 nitrogen and oxygen atoms in total. The van der Waals surface area contributed by atoms with Crippen LogP contribution in [0.3, 0.4) is 0 Å². The van der Waals surface area contributed by atoms with Crippen LogP contribution in [0.15, 0.2) is 0 Å². The van der Waals surface area contributed by atoms with Crippen molar-refractivity contribution in [1.29, 1.82) is 0 Å². The second-order valence-electron chi connectivity index (χ2n) is 6.38. The first-order valence-corrected chi connectivity index (χ1v) is 7.98. The number of rotatable bonds is 9. The molecule has 4 heteroatoms. The van der Waals surface area contributed by atoms with Crippen LogP contribution in [0.25, 0.3) is 0 Å². The molecule has 2 saturated heterocycles. The first-order chi connectivity index (χ1) is 9.51. The smallest absolute Gasteiger partial charge is 0.308 e. The maximum absolute atomic E-state index is 11.9. The van der Waals surface area contributed by atoms with E-state index in [9.17, 15) is 4.79 Å². The Morgan fingerprint density at radius 2 is 1.80 bits per heavy atom. The van der Waals surface area contributed by atoms with Crippen LogP contribution in [0.2, 0.25) is 0 Å². The van der Waals surface area contributed by atoms with Crippen molar-refractivity contribution < 1.29 is 19.0 Å². The average molecular weight is 284 g/mol. The Morgan fingerprint density at radius 3 is 2.30 bits per heavy atom. The van der Waals surface area contributed by atoms with Gasteiger partial charge in [0.15, 0.2) is 0 Å². The molecule has 0 aromatic heterocycles. The molecule has 2 aliphatic rings. The molecule has 2 fully saturated rings. The standard InChI is InChI=1S/C16H28O4/c1-5-13(8-15-12(4)20-15)9-18-16(17)10(2)6-7-14-11(3)19-14/h10-15H,5-9H2,1-4H3. The van der Waals surface area contributed by atoms with Gasteiger partial charge < -0.3 is 14.2 Å². The van der Waals surface area contributed by atoms with Gasteiger partial charge in [-0.25, -0.2) is 0 Å². The Labute approximate surface area is 122 Å². The van der Waals surface area contributed by atoms with Crippen LogP contribution in [-0.4, -0.2) is 37.0 Å². The van der Waals surface area contributed by atoms with Gasteiger partial charge in [-0.2, -0.15) is 0 Å². The molecule has 20 heavy (non-hydrogen) atoms. The molecule has 0 aromatic carbocycles. The highest BCUT2D eigenvalue weighted by molar-refractivity contribution is 5.71. The van der Waals surface area contributed by atoms with Crippen molar-refractivity contribution in [3.05, 3.63) is 0 Å². The third-order valence-corrected chi connectivity index (χ3v) is 4.56. The van der Waals surface area contributed by atoms with Crippen molar-refractivity contribution in [1.82, 2.24) is 0 Å². The lowest BCUT2D eigenvalue weighted by molar-refractivity contribution is -0.149. The first kappa shape index (κ1) is 15.8. The van der Waals surface area contributed by atoms with Crippen LogP contribution >= 0.6 is 0 Å². The molecule has 2 rings (SSSR count). The third kappa shape index (κ3) is 4.74. The molecular formula is C16H28O4. The molecule has 0 amide bonds. The summed E-state index contributed by atoms with van der Waals surface area (Å²) in [6.45, 7) is 8.78. The Hall–Kier alpha value is -0.610. The van der Waals surface area contributed by atoms with Gasteiger partial charge in [-0.15, -0.1) is 0 Å². The van der Waals surface area contributed by atoms with E-state index in [1.54, 1.807) is 0 Å². The maximum Gasteiger partial charge on any atom is 0.308 e. The number of hydrogen-bond donors (Lipinski definition) is 0. The van der Waals surface area contributed by atoms with Crippen molar-refractivity contribution in [3.8, 4) is 0 Å². The zero-order valence-electron chi connectivity index (χ0n) is 13.1. The summed E-state index contributed by atoms with van der Waals surface area (Å²) in [6, 6.07) is 0. The number of hydrogen-bond acceptors (Lipinski definition) is 4. The monoisotopic (exact) mass is 284 g/mol. The minimum Gasteiger partial charge on any atom is -0.465 e. The van der Waals surface area contributed by atoms with Crippen LogP contribution in [0.4, 0.5) is 0 Å². The van der Waals surface area contributed by atoms with Crippen molar-refractivity contribution in [3.63, 3.8) is 0 Å². The normalized spacial score (nSPS) is 34.4. The summed E-state index contributed by atoms with van der Waals surface area (Å²) in [4.78, 5) is 11.9. The molecule has 0 radical (unpaired) electrons. The third-order valence-electron chi connectivity index (χ3n) is 4.56.